The van der Waals surface area contributed by atoms with Gasteiger partial charge in [0.2, 0.25) is 11.8 Å². The molecule has 0 radical (unpaired) electrons. The van der Waals surface area contributed by atoms with E-state index in [-0.39, 0.29) is 17.7 Å². The second-order valence-electron chi connectivity index (χ2n) is 9.39. The third-order valence-electron chi connectivity index (χ3n) is 8.04. The van der Waals surface area contributed by atoms with Gasteiger partial charge >= 0.3 is 0 Å². The van der Waals surface area contributed by atoms with Crippen LogP contribution in [-0.4, -0.2) is 43.8 Å². The van der Waals surface area contributed by atoms with E-state index >= 15 is 0 Å². The molecule has 2 bridgehead atoms. The van der Waals surface area contributed by atoms with Crippen LogP contribution in [0.25, 0.3) is 0 Å². The SMILES string of the molecule is COC(OC)C12c3ccccc3C(c3ccccc31)[C@@H]1C(=O)N(CCc3ccccc3)C(=O)[C@@H]12. The molecular formula is C29H27NO4. The maximum Gasteiger partial charge on any atom is 0.234 e. The number of amides is 2. The topological polar surface area (TPSA) is 55.8 Å². The summed E-state index contributed by atoms with van der Waals surface area (Å²) in [4.78, 5) is 29.6. The van der Waals surface area contributed by atoms with E-state index in [1.807, 2.05) is 54.6 Å². The van der Waals surface area contributed by atoms with E-state index < -0.39 is 23.5 Å². The third-order valence-corrected chi connectivity index (χ3v) is 8.04. The number of likely N-dealkylation sites (tertiary alicyclic amines) is 1. The average molecular weight is 454 g/mol. The van der Waals surface area contributed by atoms with Crippen LogP contribution in [0.5, 0.6) is 0 Å². The Morgan fingerprint density at radius 3 is 1.94 bits per heavy atom. The normalized spacial score (nSPS) is 26.6. The standard InChI is InChI=1S/C29H27NO4/c1-33-28(34-2)29-21-14-8-6-12-19(21)23(20-13-7-9-15-22(20)29)24-25(29)27(32)30(26(24)31)17-16-18-10-4-3-5-11-18/h3-15,23-25,28H,16-17H2,1-2H3/t23?,24-,25+,29?/m0/s1. The van der Waals surface area contributed by atoms with Gasteiger partial charge in [-0.15, -0.1) is 0 Å². The zero-order valence-electron chi connectivity index (χ0n) is 19.3. The molecule has 0 unspecified atom stereocenters. The van der Waals surface area contributed by atoms with Crippen molar-refractivity contribution < 1.29 is 19.1 Å². The molecule has 1 aliphatic heterocycles. The lowest BCUT2D eigenvalue weighted by atomic mass is 9.47. The van der Waals surface area contributed by atoms with Gasteiger partial charge in [0.15, 0.2) is 6.29 Å². The first-order valence-electron chi connectivity index (χ1n) is 11.8. The molecule has 1 heterocycles. The molecule has 5 heteroatoms. The van der Waals surface area contributed by atoms with Gasteiger partial charge in [0.05, 0.1) is 17.3 Å². The fraction of sp³-hybridized carbons (Fsp3) is 0.310. The van der Waals surface area contributed by atoms with E-state index in [4.69, 9.17) is 9.47 Å². The molecule has 1 saturated heterocycles. The van der Waals surface area contributed by atoms with Crippen LogP contribution in [-0.2, 0) is 30.9 Å². The minimum atomic E-state index is -0.898. The van der Waals surface area contributed by atoms with Gasteiger partial charge in [-0.1, -0.05) is 78.9 Å². The number of carbonyl (C=O) groups excluding carboxylic acids is 2. The summed E-state index contributed by atoms with van der Waals surface area (Å²) >= 11 is 0. The van der Waals surface area contributed by atoms with Gasteiger partial charge in [-0.2, -0.15) is 0 Å². The Morgan fingerprint density at radius 2 is 1.35 bits per heavy atom. The molecule has 5 nitrogen and oxygen atoms in total. The van der Waals surface area contributed by atoms with Gasteiger partial charge in [-0.25, -0.2) is 0 Å². The number of ether oxygens (including phenoxy) is 2. The monoisotopic (exact) mass is 453 g/mol. The number of hydrogen-bond acceptors (Lipinski definition) is 4. The Labute approximate surface area is 199 Å². The van der Waals surface area contributed by atoms with Crippen LogP contribution in [0.3, 0.4) is 0 Å². The molecule has 7 rings (SSSR count). The summed E-state index contributed by atoms with van der Waals surface area (Å²) in [5, 5.41) is 0. The molecule has 3 aromatic carbocycles. The molecule has 0 aromatic heterocycles. The summed E-state index contributed by atoms with van der Waals surface area (Å²) in [6, 6.07) is 26.3. The second-order valence-corrected chi connectivity index (χ2v) is 9.39. The molecular weight excluding hydrogens is 426 g/mol. The Bertz CT molecular complexity index is 1220. The molecule has 0 N–H and O–H groups in total. The van der Waals surface area contributed by atoms with E-state index in [0.29, 0.717) is 13.0 Å². The Kier molecular flexibility index (Phi) is 4.94. The van der Waals surface area contributed by atoms with Crippen LogP contribution in [0.15, 0.2) is 78.9 Å². The fourth-order valence-corrected chi connectivity index (χ4v) is 6.86. The number of rotatable bonds is 6. The Balaban J connectivity index is 1.54. The summed E-state index contributed by atoms with van der Waals surface area (Å²) in [7, 11) is 3.22. The van der Waals surface area contributed by atoms with E-state index in [0.717, 1.165) is 27.8 Å². The molecule has 3 aliphatic carbocycles. The number of hydrogen-bond donors (Lipinski definition) is 0. The summed E-state index contributed by atoms with van der Waals surface area (Å²) < 4.78 is 11.8. The highest BCUT2D eigenvalue weighted by atomic mass is 16.7. The minimum Gasteiger partial charge on any atom is -0.355 e. The van der Waals surface area contributed by atoms with Crippen LogP contribution in [0.4, 0.5) is 0 Å². The van der Waals surface area contributed by atoms with Crippen molar-refractivity contribution in [2.24, 2.45) is 11.8 Å². The van der Waals surface area contributed by atoms with Crippen molar-refractivity contribution >= 4 is 11.8 Å². The Hall–Kier alpha value is -3.28. The summed E-state index contributed by atoms with van der Waals surface area (Å²) in [6.07, 6.45) is -0.0813. The fourth-order valence-electron chi connectivity index (χ4n) is 6.86. The van der Waals surface area contributed by atoms with Gasteiger partial charge in [0.1, 0.15) is 0 Å². The van der Waals surface area contributed by atoms with Crippen molar-refractivity contribution in [2.75, 3.05) is 20.8 Å². The highest BCUT2D eigenvalue weighted by Gasteiger charge is 2.70. The quantitative estimate of drug-likeness (QED) is 0.420. The van der Waals surface area contributed by atoms with E-state index in [1.165, 1.54) is 4.90 Å². The largest absolute Gasteiger partial charge is 0.355 e. The molecule has 2 amide bonds. The average Bonchev–Trinajstić information content (AvgIpc) is 3.14. The zero-order valence-corrected chi connectivity index (χ0v) is 19.3. The maximum absolute atomic E-state index is 14.1. The highest BCUT2D eigenvalue weighted by molar-refractivity contribution is 6.08. The number of imide groups is 1. The smallest absolute Gasteiger partial charge is 0.234 e. The molecule has 0 spiro atoms. The van der Waals surface area contributed by atoms with Crippen LogP contribution in [0.2, 0.25) is 0 Å². The number of nitrogens with zero attached hydrogens (tertiary/aromatic N) is 1. The Morgan fingerprint density at radius 1 is 0.794 bits per heavy atom. The third kappa shape index (κ3) is 2.62. The molecule has 3 aromatic rings. The van der Waals surface area contributed by atoms with Crippen molar-refractivity contribution in [1.82, 2.24) is 4.90 Å². The molecule has 1 fully saturated rings. The van der Waals surface area contributed by atoms with Gasteiger partial charge in [-0.05, 0) is 34.2 Å². The van der Waals surface area contributed by atoms with Crippen LogP contribution in [0, 0.1) is 11.8 Å². The van der Waals surface area contributed by atoms with Crippen LogP contribution in [0.1, 0.15) is 33.7 Å². The lowest BCUT2D eigenvalue weighted by molar-refractivity contribution is -0.169. The molecule has 4 aliphatic rings. The predicted molar refractivity (Wildman–Crippen MR) is 127 cm³/mol. The first-order chi connectivity index (χ1) is 16.6. The maximum atomic E-state index is 14.1. The summed E-state index contributed by atoms with van der Waals surface area (Å²) in [5.41, 5.74) is 4.44. The number of methoxy groups -OCH3 is 2. The first kappa shape index (κ1) is 21.3. The number of carbonyl (C=O) groups is 2. The van der Waals surface area contributed by atoms with Gasteiger partial charge in [-0.3, -0.25) is 14.5 Å². The molecule has 172 valence electrons. The van der Waals surface area contributed by atoms with Crippen LogP contribution >= 0.6 is 0 Å². The zero-order chi connectivity index (χ0) is 23.4. The van der Waals surface area contributed by atoms with Crippen LogP contribution < -0.4 is 0 Å². The minimum absolute atomic E-state index is 0.0877. The van der Waals surface area contributed by atoms with Crippen molar-refractivity contribution in [1.29, 1.82) is 0 Å². The van der Waals surface area contributed by atoms with Gasteiger partial charge < -0.3 is 9.47 Å². The van der Waals surface area contributed by atoms with E-state index in [9.17, 15) is 9.59 Å². The lowest BCUT2D eigenvalue weighted by Gasteiger charge is -2.56. The van der Waals surface area contributed by atoms with Gasteiger partial charge in [0.25, 0.3) is 0 Å². The molecule has 34 heavy (non-hydrogen) atoms. The van der Waals surface area contributed by atoms with Crippen molar-refractivity contribution in [2.45, 2.75) is 24.0 Å². The predicted octanol–water partition coefficient (Wildman–Crippen LogP) is 3.89. The van der Waals surface area contributed by atoms with E-state index in [2.05, 4.69) is 24.3 Å². The van der Waals surface area contributed by atoms with Gasteiger partial charge in [0, 0.05) is 26.7 Å². The molecule has 2 atom stereocenters. The lowest BCUT2D eigenvalue weighted by Crippen LogP contribution is -2.60. The summed E-state index contributed by atoms with van der Waals surface area (Å²) in [5.74, 6) is -1.42. The first-order valence-corrected chi connectivity index (χ1v) is 11.8. The second kappa shape index (κ2) is 7.90. The molecule has 0 saturated carbocycles. The number of benzene rings is 3. The van der Waals surface area contributed by atoms with Crippen molar-refractivity contribution in [3.05, 3.63) is 107 Å². The highest BCUT2D eigenvalue weighted by Crippen LogP contribution is 2.65. The van der Waals surface area contributed by atoms with Crippen molar-refractivity contribution in [3.8, 4) is 0 Å². The summed E-state index contributed by atoms with van der Waals surface area (Å²) in [6.45, 7) is 0.370. The van der Waals surface area contributed by atoms with E-state index in [1.54, 1.807) is 14.2 Å². The van der Waals surface area contributed by atoms with Crippen molar-refractivity contribution in [3.63, 3.8) is 0 Å².